The van der Waals surface area contributed by atoms with Gasteiger partial charge in [-0.2, -0.15) is 13.2 Å². The van der Waals surface area contributed by atoms with E-state index in [-0.39, 0.29) is 17.8 Å². The Hall–Kier alpha value is -3.16. The van der Waals surface area contributed by atoms with E-state index in [1.54, 1.807) is 19.1 Å². The van der Waals surface area contributed by atoms with Crippen LogP contribution in [0, 0.1) is 6.92 Å². The van der Waals surface area contributed by atoms with Gasteiger partial charge in [0.2, 0.25) is 0 Å². The Morgan fingerprint density at radius 2 is 1.83 bits per heavy atom. The number of para-hydroxylation sites is 1. The lowest BCUT2D eigenvalue weighted by atomic mass is 10.1. The number of carbonyl (C=O) groups is 1. The van der Waals surface area contributed by atoms with Crippen LogP contribution in [0.15, 0.2) is 48.5 Å². The first-order chi connectivity index (χ1) is 14.2. The summed E-state index contributed by atoms with van der Waals surface area (Å²) in [5.41, 5.74) is 4.09. The predicted octanol–water partition coefficient (Wildman–Crippen LogP) is 5.02. The number of urea groups is 1. The van der Waals surface area contributed by atoms with Gasteiger partial charge in [-0.25, -0.2) is 4.79 Å². The number of aromatic amines is 1. The summed E-state index contributed by atoms with van der Waals surface area (Å²) in [5.74, 6) is 0.127. The molecule has 3 aromatic rings. The molecule has 0 aliphatic carbocycles. The maximum atomic E-state index is 12.2. The highest BCUT2D eigenvalue weighted by Gasteiger charge is 2.28. The van der Waals surface area contributed by atoms with Gasteiger partial charge < -0.3 is 20.4 Å². The monoisotopic (exact) mass is 419 g/mol. The highest BCUT2D eigenvalue weighted by Crippen LogP contribution is 2.22. The molecule has 1 heterocycles. The summed E-state index contributed by atoms with van der Waals surface area (Å²) >= 11 is 0. The molecule has 0 aliphatic rings. The minimum absolute atomic E-state index is 0.127. The summed E-state index contributed by atoms with van der Waals surface area (Å²) in [7, 11) is 0. The number of carbonyl (C=O) groups excluding carboxylic acids is 1. The molecular formula is C22H24F3N3O2. The zero-order chi connectivity index (χ0) is 21.7. The van der Waals surface area contributed by atoms with Crippen LogP contribution in [-0.4, -0.2) is 30.3 Å². The quantitative estimate of drug-likeness (QED) is 0.503. The molecule has 3 rings (SSSR count). The number of alkyl halides is 3. The van der Waals surface area contributed by atoms with Crippen molar-refractivity contribution in [2.75, 3.05) is 13.2 Å². The number of nitrogens with one attached hydrogen (secondary N) is 3. The third-order valence-electron chi connectivity index (χ3n) is 4.82. The summed E-state index contributed by atoms with van der Waals surface area (Å²) < 4.78 is 41.3. The normalized spacial score (nSPS) is 12.6. The molecule has 0 radical (unpaired) electrons. The van der Waals surface area contributed by atoms with Crippen molar-refractivity contribution in [3.8, 4) is 5.75 Å². The molecule has 0 spiro atoms. The molecule has 1 atom stereocenters. The first-order valence-electron chi connectivity index (χ1n) is 9.63. The second-order valence-electron chi connectivity index (χ2n) is 7.12. The number of aromatic nitrogens is 1. The van der Waals surface area contributed by atoms with Crippen molar-refractivity contribution in [3.63, 3.8) is 0 Å². The fourth-order valence-corrected chi connectivity index (χ4v) is 3.31. The van der Waals surface area contributed by atoms with Crippen LogP contribution in [0.5, 0.6) is 5.75 Å². The van der Waals surface area contributed by atoms with Crippen molar-refractivity contribution < 1.29 is 22.7 Å². The molecule has 0 saturated heterocycles. The number of H-pyrrole nitrogens is 1. The lowest BCUT2D eigenvalue weighted by molar-refractivity contribution is -0.153. The highest BCUT2D eigenvalue weighted by molar-refractivity contribution is 5.84. The van der Waals surface area contributed by atoms with E-state index in [1.165, 1.54) is 17.7 Å². The van der Waals surface area contributed by atoms with Crippen LogP contribution >= 0.6 is 0 Å². The van der Waals surface area contributed by atoms with Crippen LogP contribution in [0.1, 0.15) is 29.8 Å². The van der Waals surface area contributed by atoms with Crippen LogP contribution < -0.4 is 15.4 Å². The number of aryl methyl sites for hydroxylation is 1. The second kappa shape index (κ2) is 9.11. The van der Waals surface area contributed by atoms with E-state index in [0.29, 0.717) is 13.0 Å². The Balaban J connectivity index is 1.48. The Morgan fingerprint density at radius 3 is 2.53 bits per heavy atom. The van der Waals surface area contributed by atoms with Gasteiger partial charge in [-0.05, 0) is 49.6 Å². The van der Waals surface area contributed by atoms with Gasteiger partial charge in [0.05, 0.1) is 6.04 Å². The molecule has 2 aromatic carbocycles. The first kappa shape index (κ1) is 21.5. The number of fused-ring (bicyclic) bond motifs is 1. The molecule has 0 aliphatic heterocycles. The molecule has 8 heteroatoms. The third kappa shape index (κ3) is 5.68. The van der Waals surface area contributed by atoms with Gasteiger partial charge >= 0.3 is 12.2 Å². The number of ether oxygens (including phenoxy) is 1. The van der Waals surface area contributed by atoms with Crippen molar-refractivity contribution in [1.82, 2.24) is 15.6 Å². The van der Waals surface area contributed by atoms with Crippen molar-refractivity contribution in [2.45, 2.75) is 32.5 Å². The number of halogens is 3. The topological polar surface area (TPSA) is 66.2 Å². The molecule has 1 unspecified atom stereocenters. The van der Waals surface area contributed by atoms with Gasteiger partial charge in [-0.1, -0.05) is 30.3 Å². The number of benzene rings is 2. The molecule has 2 amide bonds. The van der Waals surface area contributed by atoms with Crippen LogP contribution in [0.25, 0.3) is 10.9 Å². The summed E-state index contributed by atoms with van der Waals surface area (Å²) in [6, 6.07) is 13.6. The molecule has 30 heavy (non-hydrogen) atoms. The zero-order valence-corrected chi connectivity index (χ0v) is 16.8. The van der Waals surface area contributed by atoms with E-state index in [9.17, 15) is 18.0 Å². The summed E-state index contributed by atoms with van der Waals surface area (Å²) in [4.78, 5) is 15.5. The van der Waals surface area contributed by atoms with Gasteiger partial charge in [0.25, 0.3) is 0 Å². The highest BCUT2D eigenvalue weighted by atomic mass is 19.4. The Morgan fingerprint density at radius 1 is 1.13 bits per heavy atom. The van der Waals surface area contributed by atoms with Gasteiger partial charge in [-0.3, -0.25) is 0 Å². The summed E-state index contributed by atoms with van der Waals surface area (Å²) in [5, 5.41) is 6.82. The van der Waals surface area contributed by atoms with Crippen molar-refractivity contribution in [1.29, 1.82) is 0 Å². The smallest absolute Gasteiger partial charge is 0.422 e. The van der Waals surface area contributed by atoms with E-state index in [1.807, 2.05) is 25.1 Å². The largest absolute Gasteiger partial charge is 0.484 e. The van der Waals surface area contributed by atoms with Gasteiger partial charge in [0, 0.05) is 23.1 Å². The molecular weight excluding hydrogens is 395 g/mol. The number of hydrogen-bond acceptors (Lipinski definition) is 2. The molecule has 160 valence electrons. The van der Waals surface area contributed by atoms with Crippen LogP contribution in [0.4, 0.5) is 18.0 Å². The van der Waals surface area contributed by atoms with Crippen molar-refractivity contribution in [3.05, 3.63) is 65.4 Å². The number of rotatable bonds is 7. The molecule has 0 fully saturated rings. The SMILES string of the molecule is Cc1[nH]c2ccccc2c1CCNC(=O)NC(C)c1ccc(OCC(F)(F)F)cc1. The maximum absolute atomic E-state index is 12.2. The molecule has 0 saturated carbocycles. The summed E-state index contributed by atoms with van der Waals surface area (Å²) in [6.07, 6.45) is -3.68. The Bertz CT molecular complexity index is 997. The minimum atomic E-state index is -4.38. The fraction of sp³-hybridized carbons (Fsp3) is 0.318. The molecule has 1 aromatic heterocycles. The van der Waals surface area contributed by atoms with E-state index in [2.05, 4.69) is 26.4 Å². The fourth-order valence-electron chi connectivity index (χ4n) is 3.31. The standard InChI is InChI=1S/C22H24F3N3O2/c1-14(16-7-9-17(10-8-16)30-13-22(23,24)25)28-21(29)26-12-11-18-15(2)27-20-6-4-3-5-19(18)20/h3-10,14,27H,11-13H2,1-2H3,(H2,26,28,29). The average Bonchev–Trinajstić information content (AvgIpc) is 3.01. The lowest BCUT2D eigenvalue weighted by Gasteiger charge is -2.16. The van der Waals surface area contributed by atoms with E-state index in [0.717, 1.165) is 22.2 Å². The minimum Gasteiger partial charge on any atom is -0.484 e. The van der Waals surface area contributed by atoms with E-state index < -0.39 is 12.8 Å². The van der Waals surface area contributed by atoms with Crippen LogP contribution in [-0.2, 0) is 6.42 Å². The Kier molecular flexibility index (Phi) is 6.54. The molecule has 0 bridgehead atoms. The first-order valence-corrected chi connectivity index (χ1v) is 9.63. The van der Waals surface area contributed by atoms with E-state index >= 15 is 0 Å². The van der Waals surface area contributed by atoms with Gasteiger partial charge in [0.15, 0.2) is 6.61 Å². The third-order valence-corrected chi connectivity index (χ3v) is 4.82. The van der Waals surface area contributed by atoms with Crippen molar-refractivity contribution >= 4 is 16.9 Å². The number of hydrogen-bond donors (Lipinski definition) is 3. The zero-order valence-electron chi connectivity index (χ0n) is 16.8. The van der Waals surface area contributed by atoms with Crippen LogP contribution in [0.2, 0.25) is 0 Å². The summed E-state index contributed by atoms with van der Waals surface area (Å²) in [6.45, 7) is 2.96. The van der Waals surface area contributed by atoms with Crippen LogP contribution in [0.3, 0.4) is 0 Å². The van der Waals surface area contributed by atoms with Gasteiger partial charge in [0.1, 0.15) is 5.75 Å². The average molecular weight is 419 g/mol. The lowest BCUT2D eigenvalue weighted by Crippen LogP contribution is -2.38. The number of amides is 2. The van der Waals surface area contributed by atoms with Crippen molar-refractivity contribution in [2.24, 2.45) is 0 Å². The molecule has 5 nitrogen and oxygen atoms in total. The van der Waals surface area contributed by atoms with E-state index in [4.69, 9.17) is 0 Å². The van der Waals surface area contributed by atoms with Gasteiger partial charge in [-0.15, -0.1) is 0 Å². The predicted molar refractivity (Wildman–Crippen MR) is 110 cm³/mol. The maximum Gasteiger partial charge on any atom is 0.422 e. The second-order valence-corrected chi connectivity index (χ2v) is 7.12. The Labute approximate surface area is 172 Å². The molecule has 3 N–H and O–H groups in total.